The van der Waals surface area contributed by atoms with Crippen molar-refractivity contribution < 1.29 is 10.2 Å². The van der Waals surface area contributed by atoms with Crippen LogP contribution in [0.25, 0.3) is 12.2 Å². The van der Waals surface area contributed by atoms with Gasteiger partial charge in [-0.05, 0) is 57.6 Å². The van der Waals surface area contributed by atoms with Crippen LogP contribution in [0.2, 0.25) is 0 Å². The largest absolute Gasteiger partial charge is 0.508 e. The Morgan fingerprint density at radius 3 is 1.35 bits per heavy atom. The maximum Gasteiger partial charge on any atom is 0.119 e. The lowest BCUT2D eigenvalue weighted by atomic mass is 9.98. The molecule has 130 valence electrons. The Kier molecular flexibility index (Phi) is 5.23. The van der Waals surface area contributed by atoms with Gasteiger partial charge in [-0.25, -0.2) is 0 Å². The van der Waals surface area contributed by atoms with Crippen molar-refractivity contribution in [3.63, 3.8) is 0 Å². The highest BCUT2D eigenvalue weighted by molar-refractivity contribution is 5.53. The number of hydrogen-bond acceptors (Lipinski definition) is 2. The van der Waals surface area contributed by atoms with Crippen LogP contribution in [0.5, 0.6) is 11.5 Å². The molecule has 2 N–H and O–H groups in total. The Balaban J connectivity index is 1.77. The number of rotatable bonds is 6. The van der Waals surface area contributed by atoms with Crippen LogP contribution >= 0.6 is 0 Å². The molecule has 0 atom stereocenters. The fraction of sp³-hybridized carbons (Fsp3) is 0.0833. The molecular weight excluding hydrogens is 320 g/mol. The van der Waals surface area contributed by atoms with Gasteiger partial charge in [-0.2, -0.15) is 0 Å². The zero-order valence-corrected chi connectivity index (χ0v) is 14.7. The molecule has 0 heterocycles. The zero-order chi connectivity index (χ0) is 18.5. The molecule has 26 heavy (non-hydrogen) atoms. The molecule has 2 heteroatoms. The van der Waals surface area contributed by atoms with Crippen LogP contribution in [0.1, 0.15) is 33.4 Å². The lowest BCUT2D eigenvalue weighted by molar-refractivity contribution is 0.469. The van der Waals surface area contributed by atoms with E-state index in [1.165, 1.54) is 0 Å². The highest BCUT2D eigenvalue weighted by Gasteiger charge is 2.06. The minimum Gasteiger partial charge on any atom is -0.508 e. The second kappa shape index (κ2) is 7.75. The van der Waals surface area contributed by atoms with E-state index in [1.807, 2.05) is 24.3 Å². The number of phenols is 2. The summed E-state index contributed by atoms with van der Waals surface area (Å²) in [5.41, 5.74) is 5.99. The number of hydrogen-bond donors (Lipinski definition) is 2. The van der Waals surface area contributed by atoms with Gasteiger partial charge in [0.05, 0.1) is 0 Å². The van der Waals surface area contributed by atoms with E-state index in [1.54, 1.807) is 24.3 Å². The van der Waals surface area contributed by atoms with Gasteiger partial charge in [0, 0.05) is 12.8 Å². The van der Waals surface area contributed by atoms with E-state index in [9.17, 15) is 10.2 Å². The lowest BCUT2D eigenvalue weighted by Crippen LogP contribution is -1.93. The summed E-state index contributed by atoms with van der Waals surface area (Å²) >= 11 is 0. The monoisotopic (exact) mass is 342 g/mol. The van der Waals surface area contributed by atoms with Crippen LogP contribution in [0.4, 0.5) is 0 Å². The molecule has 0 saturated carbocycles. The fourth-order valence-corrected chi connectivity index (χ4v) is 2.96. The van der Waals surface area contributed by atoms with Crippen molar-refractivity contribution in [2.75, 3.05) is 0 Å². The molecule has 0 aliphatic heterocycles. The molecule has 2 nitrogen and oxygen atoms in total. The molecule has 0 radical (unpaired) electrons. The van der Waals surface area contributed by atoms with E-state index >= 15 is 0 Å². The second-order valence-electron chi connectivity index (χ2n) is 6.35. The Bertz CT molecular complexity index is 858. The Hall–Kier alpha value is -3.26. The molecule has 0 spiro atoms. The highest BCUT2D eigenvalue weighted by atomic mass is 16.3. The third-order valence-corrected chi connectivity index (χ3v) is 4.49. The third-order valence-electron chi connectivity index (χ3n) is 4.49. The maximum absolute atomic E-state index is 10.1. The van der Waals surface area contributed by atoms with Crippen LogP contribution in [0.3, 0.4) is 0 Å². The van der Waals surface area contributed by atoms with Gasteiger partial charge in [-0.3, -0.25) is 0 Å². The summed E-state index contributed by atoms with van der Waals surface area (Å²) in [6.45, 7) is 7.54. The van der Waals surface area contributed by atoms with Crippen LogP contribution in [0, 0.1) is 0 Å². The summed E-state index contributed by atoms with van der Waals surface area (Å²) in [7, 11) is 0. The van der Waals surface area contributed by atoms with E-state index in [-0.39, 0.29) is 0 Å². The van der Waals surface area contributed by atoms with Crippen molar-refractivity contribution in [2.24, 2.45) is 0 Å². The fourth-order valence-electron chi connectivity index (χ4n) is 2.96. The molecule has 0 bridgehead atoms. The molecule has 0 fully saturated rings. The molecule has 0 aliphatic carbocycles. The van der Waals surface area contributed by atoms with Crippen LogP contribution in [0.15, 0.2) is 73.8 Å². The Morgan fingerprint density at radius 1 is 0.615 bits per heavy atom. The average Bonchev–Trinajstić information content (AvgIpc) is 2.66. The van der Waals surface area contributed by atoms with Gasteiger partial charge in [-0.15, -0.1) is 0 Å². The van der Waals surface area contributed by atoms with Crippen LogP contribution in [-0.4, -0.2) is 10.2 Å². The molecule has 0 amide bonds. The van der Waals surface area contributed by atoms with Crippen LogP contribution in [-0.2, 0) is 12.8 Å². The predicted octanol–water partition coefficient (Wildman–Crippen LogP) is 5.57. The molecule has 3 aromatic rings. The minimum atomic E-state index is 0.297. The van der Waals surface area contributed by atoms with Gasteiger partial charge in [0.15, 0.2) is 0 Å². The first-order valence-corrected chi connectivity index (χ1v) is 8.55. The smallest absolute Gasteiger partial charge is 0.119 e. The summed E-state index contributed by atoms with van der Waals surface area (Å²) in [5, 5.41) is 20.1. The molecule has 0 saturated heterocycles. The van der Waals surface area contributed by atoms with Gasteiger partial charge in [0.25, 0.3) is 0 Å². The predicted molar refractivity (Wildman–Crippen MR) is 108 cm³/mol. The van der Waals surface area contributed by atoms with Gasteiger partial charge < -0.3 is 10.2 Å². The van der Waals surface area contributed by atoms with Crippen molar-refractivity contribution in [2.45, 2.75) is 12.8 Å². The number of aromatic hydroxyl groups is 2. The molecule has 0 unspecified atom stereocenters. The van der Waals surface area contributed by atoms with E-state index in [4.69, 9.17) is 0 Å². The first-order chi connectivity index (χ1) is 12.6. The Morgan fingerprint density at radius 2 is 1.00 bits per heavy atom. The molecule has 3 aromatic carbocycles. The summed E-state index contributed by atoms with van der Waals surface area (Å²) in [6.07, 6.45) is 4.86. The summed E-state index contributed by atoms with van der Waals surface area (Å²) in [6, 6.07) is 19.2. The number of benzene rings is 3. The topological polar surface area (TPSA) is 40.5 Å². The SMILES string of the molecule is C=Cc1ccc(O)c(Cc2ccc(Cc3cc(C=C)ccc3O)cc2)c1. The third kappa shape index (κ3) is 4.04. The second-order valence-corrected chi connectivity index (χ2v) is 6.35. The van der Waals surface area contributed by atoms with Crippen molar-refractivity contribution in [1.29, 1.82) is 0 Å². The van der Waals surface area contributed by atoms with Crippen molar-refractivity contribution in [3.8, 4) is 11.5 Å². The zero-order valence-electron chi connectivity index (χ0n) is 14.7. The Labute approximate surface area is 154 Å². The van der Waals surface area contributed by atoms with Gasteiger partial charge in [-0.1, -0.05) is 61.7 Å². The van der Waals surface area contributed by atoms with E-state index in [2.05, 4.69) is 37.4 Å². The van der Waals surface area contributed by atoms with E-state index in [0.717, 1.165) is 33.4 Å². The average molecular weight is 342 g/mol. The quantitative estimate of drug-likeness (QED) is 0.615. The van der Waals surface area contributed by atoms with Crippen LogP contribution < -0.4 is 0 Å². The van der Waals surface area contributed by atoms with Gasteiger partial charge in [0.1, 0.15) is 11.5 Å². The van der Waals surface area contributed by atoms with Crippen molar-refractivity contribution in [1.82, 2.24) is 0 Å². The van der Waals surface area contributed by atoms with Crippen molar-refractivity contribution >= 4 is 12.2 Å². The lowest BCUT2D eigenvalue weighted by Gasteiger charge is -2.09. The molecule has 3 rings (SSSR count). The number of phenolic OH excluding ortho intramolecular Hbond substituents is 2. The van der Waals surface area contributed by atoms with Gasteiger partial charge in [0.2, 0.25) is 0 Å². The summed E-state index contributed by atoms with van der Waals surface area (Å²) < 4.78 is 0. The van der Waals surface area contributed by atoms with E-state index < -0.39 is 0 Å². The molecule has 0 aliphatic rings. The van der Waals surface area contributed by atoms with Crippen molar-refractivity contribution in [3.05, 3.63) is 107 Å². The minimum absolute atomic E-state index is 0.297. The molecule has 0 aromatic heterocycles. The first-order valence-electron chi connectivity index (χ1n) is 8.55. The van der Waals surface area contributed by atoms with Gasteiger partial charge >= 0.3 is 0 Å². The first kappa shape index (κ1) is 17.6. The van der Waals surface area contributed by atoms with E-state index in [0.29, 0.717) is 24.3 Å². The normalized spacial score (nSPS) is 10.5. The standard InChI is InChI=1S/C24H22O2/c1-3-17-9-11-23(25)21(13-17)15-19-5-7-20(8-6-19)16-22-14-18(4-2)10-12-24(22)26/h3-14,25-26H,1-2,15-16H2. The highest BCUT2D eigenvalue weighted by Crippen LogP contribution is 2.25. The maximum atomic E-state index is 10.1. The summed E-state index contributed by atoms with van der Waals surface area (Å²) in [4.78, 5) is 0. The molecular formula is C24H22O2. The summed E-state index contributed by atoms with van der Waals surface area (Å²) in [5.74, 6) is 0.594.